The Bertz CT molecular complexity index is 526. The van der Waals surface area contributed by atoms with Crippen LogP contribution in [0.5, 0.6) is 11.5 Å². The summed E-state index contributed by atoms with van der Waals surface area (Å²) in [4.78, 5) is 14.7. The Hall–Kier alpha value is -1.75. The molecule has 3 rings (SSSR count). The van der Waals surface area contributed by atoms with E-state index in [2.05, 4.69) is 5.32 Å². The van der Waals surface area contributed by atoms with Crippen LogP contribution >= 0.6 is 0 Å². The first-order chi connectivity index (χ1) is 10.2. The molecule has 0 radical (unpaired) electrons. The molecule has 0 bridgehead atoms. The molecule has 21 heavy (non-hydrogen) atoms. The molecule has 0 aromatic heterocycles. The second-order valence-corrected chi connectivity index (χ2v) is 5.97. The van der Waals surface area contributed by atoms with Gasteiger partial charge in [0.2, 0.25) is 0 Å². The van der Waals surface area contributed by atoms with Gasteiger partial charge in [0.05, 0.1) is 0 Å². The van der Waals surface area contributed by atoms with E-state index in [1.165, 1.54) is 18.6 Å². The van der Waals surface area contributed by atoms with Crippen LogP contribution < -0.4 is 5.32 Å². The molecule has 5 heteroatoms. The second kappa shape index (κ2) is 5.93. The number of phenols is 2. The van der Waals surface area contributed by atoms with Gasteiger partial charge in [-0.3, -0.25) is 4.79 Å². The number of carbonyl (C=O) groups is 1. The van der Waals surface area contributed by atoms with E-state index in [4.69, 9.17) is 0 Å². The zero-order valence-electron chi connectivity index (χ0n) is 12.1. The number of benzene rings is 1. The van der Waals surface area contributed by atoms with Crippen LogP contribution in [-0.4, -0.2) is 46.2 Å². The number of aromatic hydroxyl groups is 2. The lowest BCUT2D eigenvalue weighted by Crippen LogP contribution is -2.52. The van der Waals surface area contributed by atoms with Gasteiger partial charge >= 0.3 is 0 Å². The molecule has 2 aliphatic rings. The highest BCUT2D eigenvalue weighted by molar-refractivity contribution is 5.95. The predicted molar refractivity (Wildman–Crippen MR) is 79.5 cm³/mol. The summed E-state index contributed by atoms with van der Waals surface area (Å²) in [5.74, 6) is -0.490. The molecule has 1 amide bonds. The van der Waals surface area contributed by atoms with Gasteiger partial charge in [0, 0.05) is 24.2 Å². The van der Waals surface area contributed by atoms with Gasteiger partial charge in [-0.05, 0) is 56.8 Å². The molecule has 114 valence electrons. The van der Waals surface area contributed by atoms with E-state index in [0.29, 0.717) is 11.6 Å². The molecule has 2 aliphatic heterocycles. The summed E-state index contributed by atoms with van der Waals surface area (Å²) in [5.41, 5.74) is 0.440. The highest BCUT2D eigenvalue weighted by atomic mass is 16.3. The van der Waals surface area contributed by atoms with Gasteiger partial charge in [-0.2, -0.15) is 0 Å². The van der Waals surface area contributed by atoms with Crippen molar-refractivity contribution in [2.75, 3.05) is 13.1 Å². The molecule has 2 fully saturated rings. The first-order valence-corrected chi connectivity index (χ1v) is 7.73. The summed E-state index contributed by atoms with van der Waals surface area (Å²) in [6.07, 6.45) is 5.51. The number of hydrogen-bond donors (Lipinski definition) is 3. The third kappa shape index (κ3) is 2.83. The normalized spacial score (nSPS) is 26.0. The van der Waals surface area contributed by atoms with Gasteiger partial charge in [0.25, 0.3) is 5.91 Å². The average molecular weight is 290 g/mol. The van der Waals surface area contributed by atoms with Crippen molar-refractivity contribution in [3.8, 4) is 11.5 Å². The summed E-state index contributed by atoms with van der Waals surface area (Å²) in [7, 11) is 0. The van der Waals surface area contributed by atoms with Crippen molar-refractivity contribution in [2.45, 2.75) is 44.2 Å². The fraction of sp³-hybridized carbons (Fsp3) is 0.562. The molecule has 2 saturated heterocycles. The van der Waals surface area contributed by atoms with Crippen LogP contribution in [0.4, 0.5) is 0 Å². The maximum Gasteiger partial charge on any atom is 0.254 e. The van der Waals surface area contributed by atoms with E-state index in [1.807, 2.05) is 4.90 Å². The molecular weight excluding hydrogens is 268 g/mol. The molecular formula is C16H22N2O3. The Labute approximate surface area is 124 Å². The Morgan fingerprint density at radius 2 is 2.00 bits per heavy atom. The Morgan fingerprint density at radius 3 is 2.71 bits per heavy atom. The van der Waals surface area contributed by atoms with Gasteiger partial charge < -0.3 is 20.4 Å². The van der Waals surface area contributed by atoms with Crippen LogP contribution in [0.1, 0.15) is 42.5 Å². The largest absolute Gasteiger partial charge is 0.504 e. The molecule has 0 spiro atoms. The minimum Gasteiger partial charge on any atom is -0.504 e. The lowest BCUT2D eigenvalue weighted by atomic mass is 9.93. The minimum atomic E-state index is -0.242. The predicted octanol–water partition coefficient (Wildman–Crippen LogP) is 1.84. The third-order valence-electron chi connectivity index (χ3n) is 4.60. The van der Waals surface area contributed by atoms with Crippen molar-refractivity contribution in [3.63, 3.8) is 0 Å². The highest BCUT2D eigenvalue weighted by Gasteiger charge is 2.34. The Kier molecular flexibility index (Phi) is 4.01. The number of phenolic OH excluding ortho intramolecular Hbond substituents is 2. The number of hydrogen-bond acceptors (Lipinski definition) is 4. The van der Waals surface area contributed by atoms with E-state index in [1.54, 1.807) is 6.07 Å². The van der Waals surface area contributed by atoms with Gasteiger partial charge in [0.15, 0.2) is 11.5 Å². The number of carbonyl (C=O) groups excluding carboxylic acids is 1. The fourth-order valence-corrected chi connectivity index (χ4v) is 3.49. The number of nitrogens with zero attached hydrogens (tertiary/aromatic N) is 1. The van der Waals surface area contributed by atoms with Crippen molar-refractivity contribution >= 4 is 5.91 Å². The van der Waals surface area contributed by atoms with Crippen LogP contribution in [0.25, 0.3) is 0 Å². The maximum atomic E-state index is 12.7. The lowest BCUT2D eigenvalue weighted by Gasteiger charge is -2.39. The maximum absolute atomic E-state index is 12.7. The van der Waals surface area contributed by atoms with Crippen LogP contribution in [0.2, 0.25) is 0 Å². The SMILES string of the molecule is O=C(c1ccc(O)c(O)c1)N1CCCCC1C1CCCN1. The van der Waals surface area contributed by atoms with Crippen molar-refractivity contribution in [1.29, 1.82) is 0 Å². The first kappa shape index (κ1) is 14.2. The van der Waals surface area contributed by atoms with Crippen LogP contribution in [0, 0.1) is 0 Å². The standard InChI is InChI=1S/C16H22N2O3/c19-14-7-6-11(10-15(14)20)16(21)18-9-2-1-5-13(18)12-4-3-8-17-12/h6-7,10,12-13,17,19-20H,1-5,8-9H2. The van der Waals surface area contributed by atoms with E-state index in [-0.39, 0.29) is 23.4 Å². The zero-order valence-corrected chi connectivity index (χ0v) is 12.1. The quantitative estimate of drug-likeness (QED) is 0.727. The summed E-state index contributed by atoms with van der Waals surface area (Å²) < 4.78 is 0. The van der Waals surface area contributed by atoms with Crippen LogP contribution in [0.3, 0.4) is 0 Å². The summed E-state index contributed by atoms with van der Waals surface area (Å²) >= 11 is 0. The number of rotatable bonds is 2. The first-order valence-electron chi connectivity index (χ1n) is 7.73. The second-order valence-electron chi connectivity index (χ2n) is 5.97. The van der Waals surface area contributed by atoms with E-state index < -0.39 is 0 Å². The molecule has 1 aromatic carbocycles. The van der Waals surface area contributed by atoms with Crippen molar-refractivity contribution in [2.24, 2.45) is 0 Å². The van der Waals surface area contributed by atoms with Gasteiger partial charge in [0.1, 0.15) is 0 Å². The Morgan fingerprint density at radius 1 is 1.14 bits per heavy atom. The lowest BCUT2D eigenvalue weighted by molar-refractivity contribution is 0.0563. The van der Waals surface area contributed by atoms with Crippen molar-refractivity contribution < 1.29 is 15.0 Å². The number of amides is 1. The van der Waals surface area contributed by atoms with Gasteiger partial charge in [-0.1, -0.05) is 0 Å². The molecule has 0 saturated carbocycles. The molecule has 2 unspecified atom stereocenters. The minimum absolute atomic E-state index is 0.0521. The summed E-state index contributed by atoms with van der Waals surface area (Å²) in [6, 6.07) is 4.93. The molecule has 2 atom stereocenters. The van der Waals surface area contributed by atoms with Gasteiger partial charge in [-0.15, -0.1) is 0 Å². The van der Waals surface area contributed by atoms with Crippen molar-refractivity contribution in [3.05, 3.63) is 23.8 Å². The molecule has 1 aromatic rings. The number of nitrogens with one attached hydrogen (secondary N) is 1. The van der Waals surface area contributed by atoms with E-state index >= 15 is 0 Å². The fourth-order valence-electron chi connectivity index (χ4n) is 3.49. The van der Waals surface area contributed by atoms with Crippen LogP contribution in [0.15, 0.2) is 18.2 Å². The van der Waals surface area contributed by atoms with E-state index in [9.17, 15) is 15.0 Å². The van der Waals surface area contributed by atoms with E-state index in [0.717, 1.165) is 38.8 Å². The average Bonchev–Trinajstić information content (AvgIpc) is 3.03. The summed E-state index contributed by atoms with van der Waals surface area (Å²) in [5, 5.41) is 22.5. The number of likely N-dealkylation sites (tertiary alicyclic amines) is 1. The smallest absolute Gasteiger partial charge is 0.254 e. The molecule has 2 heterocycles. The monoisotopic (exact) mass is 290 g/mol. The molecule has 3 N–H and O–H groups in total. The van der Waals surface area contributed by atoms with Crippen molar-refractivity contribution in [1.82, 2.24) is 10.2 Å². The third-order valence-corrected chi connectivity index (χ3v) is 4.60. The molecule has 0 aliphatic carbocycles. The van der Waals surface area contributed by atoms with Crippen LogP contribution in [-0.2, 0) is 0 Å². The molecule has 5 nitrogen and oxygen atoms in total. The number of piperidine rings is 1. The highest BCUT2D eigenvalue weighted by Crippen LogP contribution is 2.29. The summed E-state index contributed by atoms with van der Waals surface area (Å²) in [6.45, 7) is 1.80. The Balaban J connectivity index is 1.81. The topological polar surface area (TPSA) is 72.8 Å². The zero-order chi connectivity index (χ0) is 14.8. The van der Waals surface area contributed by atoms with Gasteiger partial charge in [-0.25, -0.2) is 0 Å².